The van der Waals surface area contributed by atoms with Crippen LogP contribution in [0.25, 0.3) is 0 Å². The van der Waals surface area contributed by atoms with Crippen molar-refractivity contribution in [3.05, 3.63) is 63.6 Å². The van der Waals surface area contributed by atoms with Crippen molar-refractivity contribution in [1.29, 1.82) is 0 Å². The fourth-order valence-corrected chi connectivity index (χ4v) is 3.71. The molecule has 0 aliphatic rings. The van der Waals surface area contributed by atoms with Gasteiger partial charge in [-0.15, -0.1) is 0 Å². The van der Waals surface area contributed by atoms with Crippen LogP contribution in [0.4, 0.5) is 8.78 Å². The van der Waals surface area contributed by atoms with E-state index >= 15 is 0 Å². The quantitative estimate of drug-likeness (QED) is 0.773. The van der Waals surface area contributed by atoms with Crippen LogP contribution in [0.1, 0.15) is 10.4 Å². The number of ketones is 1. The van der Waals surface area contributed by atoms with E-state index in [1.807, 2.05) is 0 Å². The number of carbonyl (C=O) groups is 1. The summed E-state index contributed by atoms with van der Waals surface area (Å²) in [4.78, 5) is 12.1. The summed E-state index contributed by atoms with van der Waals surface area (Å²) in [7, 11) is -1.82. The predicted octanol–water partition coefficient (Wildman–Crippen LogP) is 4.26. The predicted molar refractivity (Wildman–Crippen MR) is 78.4 cm³/mol. The average molecular weight is 349 g/mol. The highest BCUT2D eigenvalue weighted by Gasteiger charge is 2.19. The molecule has 0 saturated carbocycles. The summed E-state index contributed by atoms with van der Waals surface area (Å²) in [5.74, 6) is -3.00. The van der Waals surface area contributed by atoms with Crippen LogP contribution in [0.15, 0.2) is 41.3 Å². The summed E-state index contributed by atoms with van der Waals surface area (Å²) in [6.45, 7) is 0. The second kappa shape index (κ2) is 6.64. The Morgan fingerprint density at radius 1 is 1.10 bits per heavy atom. The van der Waals surface area contributed by atoms with Crippen molar-refractivity contribution >= 4 is 39.8 Å². The Bertz CT molecular complexity index is 715. The topological polar surface area (TPSA) is 34.1 Å². The molecule has 0 bridgehead atoms. The van der Waals surface area contributed by atoms with Gasteiger partial charge in [0.15, 0.2) is 5.78 Å². The standard InChI is InChI=1S/C14H8Cl2F2O2S/c15-10-2-1-3-11(16)14(10)21(20)7-13(19)9-5-4-8(17)6-12(9)18/h1-6H,7H2. The highest BCUT2D eigenvalue weighted by atomic mass is 35.5. The maximum atomic E-state index is 13.5. The fraction of sp³-hybridized carbons (Fsp3) is 0.0714. The molecule has 2 nitrogen and oxygen atoms in total. The summed E-state index contributed by atoms with van der Waals surface area (Å²) in [6.07, 6.45) is 0. The number of hydrogen-bond acceptors (Lipinski definition) is 2. The van der Waals surface area contributed by atoms with Gasteiger partial charge in [0.25, 0.3) is 0 Å². The summed E-state index contributed by atoms with van der Waals surface area (Å²) in [5, 5.41) is 0.321. The molecule has 0 spiro atoms. The summed E-state index contributed by atoms with van der Waals surface area (Å²) < 4.78 is 38.5. The van der Waals surface area contributed by atoms with Gasteiger partial charge >= 0.3 is 0 Å². The molecule has 0 aliphatic carbocycles. The molecule has 2 aromatic rings. The third-order valence-electron chi connectivity index (χ3n) is 2.64. The van der Waals surface area contributed by atoms with Gasteiger partial charge in [-0.2, -0.15) is 0 Å². The van der Waals surface area contributed by atoms with Gasteiger partial charge in [-0.1, -0.05) is 29.3 Å². The minimum Gasteiger partial charge on any atom is -0.293 e. The molecular weight excluding hydrogens is 341 g/mol. The summed E-state index contributed by atoms with van der Waals surface area (Å²) >= 11 is 11.8. The Balaban J connectivity index is 2.25. The molecule has 1 atom stereocenters. The molecule has 0 N–H and O–H groups in total. The van der Waals surface area contributed by atoms with Gasteiger partial charge in [-0.3, -0.25) is 9.00 Å². The zero-order valence-corrected chi connectivity index (χ0v) is 12.7. The molecule has 2 rings (SSSR count). The zero-order valence-electron chi connectivity index (χ0n) is 10.4. The van der Waals surface area contributed by atoms with Crippen molar-refractivity contribution in [3.8, 4) is 0 Å². The minimum absolute atomic E-state index is 0.122. The Morgan fingerprint density at radius 3 is 2.29 bits per heavy atom. The monoisotopic (exact) mass is 348 g/mol. The first-order valence-corrected chi connectivity index (χ1v) is 7.78. The molecule has 7 heteroatoms. The number of rotatable bonds is 4. The molecule has 2 aromatic carbocycles. The van der Waals surface area contributed by atoms with Crippen molar-refractivity contribution in [2.45, 2.75) is 4.90 Å². The van der Waals surface area contributed by atoms with Gasteiger partial charge < -0.3 is 0 Å². The van der Waals surface area contributed by atoms with E-state index < -0.39 is 34.0 Å². The molecule has 0 aliphatic heterocycles. The van der Waals surface area contributed by atoms with Crippen LogP contribution in [0, 0.1) is 11.6 Å². The number of hydrogen-bond donors (Lipinski definition) is 0. The van der Waals surface area contributed by atoms with E-state index in [-0.39, 0.29) is 20.5 Å². The second-order valence-electron chi connectivity index (χ2n) is 4.09. The molecule has 0 aromatic heterocycles. The number of carbonyl (C=O) groups excluding carboxylic acids is 1. The molecule has 21 heavy (non-hydrogen) atoms. The lowest BCUT2D eigenvalue weighted by atomic mass is 10.1. The number of halogens is 4. The van der Waals surface area contributed by atoms with E-state index in [9.17, 15) is 17.8 Å². The highest BCUT2D eigenvalue weighted by molar-refractivity contribution is 7.86. The lowest BCUT2D eigenvalue weighted by Crippen LogP contribution is -2.13. The molecule has 0 fully saturated rings. The molecule has 1 unspecified atom stereocenters. The third-order valence-corrected chi connectivity index (χ3v) is 4.91. The van der Waals surface area contributed by atoms with Crippen LogP contribution in [0.3, 0.4) is 0 Å². The van der Waals surface area contributed by atoms with Crippen molar-refractivity contribution in [2.75, 3.05) is 5.75 Å². The van der Waals surface area contributed by atoms with E-state index in [2.05, 4.69) is 0 Å². The summed E-state index contributed by atoms with van der Waals surface area (Å²) in [5.41, 5.74) is -0.326. The third kappa shape index (κ3) is 3.67. The molecular formula is C14H8Cl2F2O2S. The van der Waals surface area contributed by atoms with Crippen LogP contribution >= 0.6 is 23.2 Å². The van der Waals surface area contributed by atoms with Gasteiger partial charge in [-0.05, 0) is 24.3 Å². The van der Waals surface area contributed by atoms with Crippen LogP contribution in [-0.4, -0.2) is 15.7 Å². The zero-order chi connectivity index (χ0) is 15.6. The maximum Gasteiger partial charge on any atom is 0.178 e. The minimum atomic E-state index is -1.82. The fourth-order valence-electron chi connectivity index (χ4n) is 1.68. The van der Waals surface area contributed by atoms with Crippen LogP contribution in [-0.2, 0) is 10.8 Å². The van der Waals surface area contributed by atoms with Crippen molar-refractivity contribution in [2.24, 2.45) is 0 Å². The first-order valence-electron chi connectivity index (χ1n) is 5.71. The second-order valence-corrected chi connectivity index (χ2v) is 6.29. The molecule has 0 amide bonds. The van der Waals surface area contributed by atoms with E-state index in [0.717, 1.165) is 12.1 Å². The van der Waals surface area contributed by atoms with Crippen molar-refractivity contribution in [1.82, 2.24) is 0 Å². The number of benzene rings is 2. The maximum absolute atomic E-state index is 13.5. The first kappa shape index (κ1) is 16.1. The Hall–Kier alpha value is -1.30. The van der Waals surface area contributed by atoms with E-state index in [0.29, 0.717) is 6.07 Å². The molecule has 0 radical (unpaired) electrons. The van der Waals surface area contributed by atoms with Crippen LogP contribution < -0.4 is 0 Å². The Labute approximate surface area is 132 Å². The van der Waals surface area contributed by atoms with Crippen molar-refractivity contribution < 1.29 is 17.8 Å². The SMILES string of the molecule is O=C(CS(=O)c1c(Cl)cccc1Cl)c1ccc(F)cc1F. The molecule has 0 saturated heterocycles. The first-order chi connectivity index (χ1) is 9.90. The van der Waals surface area contributed by atoms with Gasteiger partial charge in [0.1, 0.15) is 11.6 Å². The van der Waals surface area contributed by atoms with Crippen molar-refractivity contribution in [3.63, 3.8) is 0 Å². The van der Waals surface area contributed by atoms with Gasteiger partial charge in [0.05, 0.1) is 37.1 Å². The average Bonchev–Trinajstić information content (AvgIpc) is 2.37. The normalized spacial score (nSPS) is 12.2. The lowest BCUT2D eigenvalue weighted by Gasteiger charge is -2.07. The van der Waals surface area contributed by atoms with Crippen LogP contribution in [0.5, 0.6) is 0 Å². The molecule has 110 valence electrons. The summed E-state index contributed by atoms with van der Waals surface area (Å²) in [6, 6.07) is 7.12. The van der Waals surface area contributed by atoms with Gasteiger partial charge in [0, 0.05) is 6.07 Å². The Kier molecular flexibility index (Phi) is 5.08. The lowest BCUT2D eigenvalue weighted by molar-refractivity contribution is 0.101. The number of Topliss-reactive ketones (excluding diaryl/α,β-unsaturated/α-hetero) is 1. The van der Waals surface area contributed by atoms with E-state index in [1.54, 1.807) is 6.07 Å². The van der Waals surface area contributed by atoms with Crippen LogP contribution in [0.2, 0.25) is 10.0 Å². The van der Waals surface area contributed by atoms with E-state index in [1.165, 1.54) is 12.1 Å². The largest absolute Gasteiger partial charge is 0.293 e. The smallest absolute Gasteiger partial charge is 0.178 e. The highest BCUT2D eigenvalue weighted by Crippen LogP contribution is 2.28. The van der Waals surface area contributed by atoms with Gasteiger partial charge in [-0.25, -0.2) is 8.78 Å². The van der Waals surface area contributed by atoms with E-state index in [4.69, 9.17) is 23.2 Å². The molecule has 0 heterocycles. The van der Waals surface area contributed by atoms with Gasteiger partial charge in [0.2, 0.25) is 0 Å². The Morgan fingerprint density at radius 2 is 1.71 bits per heavy atom.